The van der Waals surface area contributed by atoms with Crippen molar-refractivity contribution < 1.29 is 4.79 Å². The van der Waals surface area contributed by atoms with E-state index < -0.39 is 0 Å². The second kappa shape index (κ2) is 8.87. The van der Waals surface area contributed by atoms with Crippen molar-refractivity contribution in [1.29, 1.82) is 0 Å². The van der Waals surface area contributed by atoms with Crippen LogP contribution in [0.4, 0.5) is 0 Å². The van der Waals surface area contributed by atoms with Gasteiger partial charge in [0.1, 0.15) is 17.6 Å². The van der Waals surface area contributed by atoms with Crippen LogP contribution in [0.2, 0.25) is 0 Å². The number of nitrogens with zero attached hydrogens (tertiary/aromatic N) is 3. The van der Waals surface area contributed by atoms with Crippen LogP contribution in [0, 0.1) is 0 Å². The molecular formula is C22H28N4O2. The van der Waals surface area contributed by atoms with Crippen LogP contribution in [0.3, 0.4) is 0 Å². The van der Waals surface area contributed by atoms with E-state index in [1.807, 2.05) is 50.4 Å². The predicted octanol–water partition coefficient (Wildman–Crippen LogP) is 3.58. The molecule has 28 heavy (non-hydrogen) atoms. The van der Waals surface area contributed by atoms with Crippen molar-refractivity contribution in [3.05, 3.63) is 53.2 Å². The Morgan fingerprint density at radius 1 is 1.18 bits per heavy atom. The average molecular weight is 380 g/mol. The van der Waals surface area contributed by atoms with Crippen LogP contribution in [0.1, 0.15) is 40.0 Å². The second-order valence-electron chi connectivity index (χ2n) is 7.21. The zero-order chi connectivity index (χ0) is 20.1. The molecule has 6 heteroatoms. The summed E-state index contributed by atoms with van der Waals surface area (Å²) in [6, 6.07) is 9.94. The first-order valence-electron chi connectivity index (χ1n) is 9.98. The number of amides is 1. The van der Waals surface area contributed by atoms with Crippen LogP contribution in [0.5, 0.6) is 0 Å². The molecule has 0 bridgehead atoms. The molecule has 0 aliphatic carbocycles. The van der Waals surface area contributed by atoms with Crippen molar-refractivity contribution in [3.63, 3.8) is 0 Å². The number of carbonyl (C=O) groups excluding carboxylic acids is 1. The molecule has 1 unspecified atom stereocenters. The van der Waals surface area contributed by atoms with Gasteiger partial charge in [-0.3, -0.25) is 14.2 Å². The molecule has 0 spiro atoms. The first-order valence-corrected chi connectivity index (χ1v) is 9.98. The van der Waals surface area contributed by atoms with Gasteiger partial charge in [-0.2, -0.15) is 0 Å². The van der Waals surface area contributed by atoms with E-state index in [1.165, 1.54) is 0 Å². The molecule has 148 valence electrons. The van der Waals surface area contributed by atoms with Gasteiger partial charge in [0.2, 0.25) is 5.91 Å². The molecule has 2 aromatic heterocycles. The summed E-state index contributed by atoms with van der Waals surface area (Å²) in [5, 5.41) is 2.97. The normalized spacial score (nSPS) is 12.2. The standard InChI is InChI=1S/C22H28N4O2/c1-4-6-12-25-15-23-20-18(17-10-8-7-9-11-17)13-26(21(20)22(25)28)14-19(27)24-16(3)5-2/h7-11,13,15-16H,4-6,12,14H2,1-3H3,(H,24,27). The van der Waals surface area contributed by atoms with E-state index in [2.05, 4.69) is 17.2 Å². The van der Waals surface area contributed by atoms with Crippen molar-refractivity contribution in [1.82, 2.24) is 19.4 Å². The smallest absolute Gasteiger partial charge is 0.277 e. The van der Waals surface area contributed by atoms with Gasteiger partial charge in [-0.05, 0) is 25.3 Å². The minimum Gasteiger partial charge on any atom is -0.352 e. The summed E-state index contributed by atoms with van der Waals surface area (Å²) < 4.78 is 3.39. The van der Waals surface area contributed by atoms with Crippen molar-refractivity contribution in [3.8, 4) is 11.1 Å². The first kappa shape index (κ1) is 19.9. The van der Waals surface area contributed by atoms with Gasteiger partial charge in [-0.1, -0.05) is 50.6 Å². The molecule has 1 amide bonds. The quantitative estimate of drug-likeness (QED) is 0.649. The number of fused-ring (bicyclic) bond motifs is 1. The number of benzene rings is 1. The lowest BCUT2D eigenvalue weighted by Gasteiger charge is -2.12. The molecule has 1 aromatic carbocycles. The highest BCUT2D eigenvalue weighted by Gasteiger charge is 2.18. The average Bonchev–Trinajstić information content (AvgIpc) is 3.07. The summed E-state index contributed by atoms with van der Waals surface area (Å²) in [6.07, 6.45) is 6.26. The molecule has 0 radical (unpaired) electrons. The number of aromatic nitrogens is 3. The maximum atomic E-state index is 13.1. The van der Waals surface area contributed by atoms with Crippen LogP contribution in [0.15, 0.2) is 47.7 Å². The maximum absolute atomic E-state index is 13.1. The number of unbranched alkanes of at least 4 members (excludes halogenated alkanes) is 1. The monoisotopic (exact) mass is 380 g/mol. The lowest BCUT2D eigenvalue weighted by Crippen LogP contribution is -2.35. The van der Waals surface area contributed by atoms with Crippen molar-refractivity contribution in [2.75, 3.05) is 0 Å². The third-order valence-electron chi connectivity index (χ3n) is 5.01. The molecule has 1 atom stereocenters. The molecule has 0 aliphatic rings. The minimum absolute atomic E-state index is 0.0993. The van der Waals surface area contributed by atoms with E-state index in [4.69, 9.17) is 0 Å². The molecule has 2 heterocycles. The third kappa shape index (κ3) is 4.16. The highest BCUT2D eigenvalue weighted by Crippen LogP contribution is 2.27. The Bertz CT molecular complexity index is 1000. The number of hydrogen-bond donors (Lipinski definition) is 1. The van der Waals surface area contributed by atoms with Crippen LogP contribution in [-0.2, 0) is 17.9 Å². The number of nitrogens with one attached hydrogen (secondary N) is 1. The molecular weight excluding hydrogens is 352 g/mol. The van der Waals surface area contributed by atoms with Gasteiger partial charge < -0.3 is 9.88 Å². The highest BCUT2D eigenvalue weighted by atomic mass is 16.2. The van der Waals surface area contributed by atoms with Crippen LogP contribution < -0.4 is 10.9 Å². The van der Waals surface area contributed by atoms with E-state index in [9.17, 15) is 9.59 Å². The summed E-state index contributed by atoms with van der Waals surface area (Å²) in [5.41, 5.74) is 2.87. The topological polar surface area (TPSA) is 68.9 Å². The summed E-state index contributed by atoms with van der Waals surface area (Å²) in [4.78, 5) is 30.2. The van der Waals surface area contributed by atoms with E-state index in [0.29, 0.717) is 17.6 Å². The number of aryl methyl sites for hydroxylation is 1. The zero-order valence-electron chi connectivity index (χ0n) is 16.8. The van der Waals surface area contributed by atoms with Crippen molar-refractivity contribution in [2.45, 2.75) is 59.2 Å². The van der Waals surface area contributed by atoms with Gasteiger partial charge in [0, 0.05) is 24.3 Å². The summed E-state index contributed by atoms with van der Waals surface area (Å²) in [5.74, 6) is -0.103. The maximum Gasteiger partial charge on any atom is 0.277 e. The molecule has 3 rings (SSSR count). The highest BCUT2D eigenvalue weighted by molar-refractivity contribution is 5.93. The molecule has 0 fully saturated rings. The van der Waals surface area contributed by atoms with Crippen molar-refractivity contribution >= 4 is 16.9 Å². The van der Waals surface area contributed by atoms with E-state index in [1.54, 1.807) is 15.5 Å². The Morgan fingerprint density at radius 2 is 1.93 bits per heavy atom. The van der Waals surface area contributed by atoms with Crippen LogP contribution >= 0.6 is 0 Å². The predicted molar refractivity (Wildman–Crippen MR) is 112 cm³/mol. The fourth-order valence-corrected chi connectivity index (χ4v) is 3.23. The van der Waals surface area contributed by atoms with Gasteiger partial charge >= 0.3 is 0 Å². The third-order valence-corrected chi connectivity index (χ3v) is 5.01. The van der Waals surface area contributed by atoms with Crippen LogP contribution in [-0.4, -0.2) is 26.1 Å². The SMILES string of the molecule is CCCCn1cnc2c(-c3ccccc3)cn(CC(=O)NC(C)CC)c2c1=O. The molecule has 1 N–H and O–H groups in total. The fourth-order valence-electron chi connectivity index (χ4n) is 3.23. The Hall–Kier alpha value is -2.89. The summed E-state index contributed by atoms with van der Waals surface area (Å²) >= 11 is 0. The fraction of sp³-hybridized carbons (Fsp3) is 0.409. The number of rotatable bonds is 8. The molecule has 6 nitrogen and oxygen atoms in total. The van der Waals surface area contributed by atoms with Crippen molar-refractivity contribution in [2.24, 2.45) is 0 Å². The van der Waals surface area contributed by atoms with Gasteiger partial charge in [0.15, 0.2) is 0 Å². The van der Waals surface area contributed by atoms with E-state index in [-0.39, 0.29) is 24.1 Å². The van der Waals surface area contributed by atoms with Gasteiger partial charge in [-0.15, -0.1) is 0 Å². The number of hydrogen-bond acceptors (Lipinski definition) is 3. The minimum atomic E-state index is -0.103. The molecule has 3 aromatic rings. The van der Waals surface area contributed by atoms with E-state index in [0.717, 1.165) is 30.4 Å². The first-order chi connectivity index (χ1) is 13.5. The lowest BCUT2D eigenvalue weighted by molar-refractivity contribution is -0.122. The Morgan fingerprint density at radius 3 is 2.61 bits per heavy atom. The molecule has 0 saturated heterocycles. The Balaban J connectivity index is 2.09. The summed E-state index contributed by atoms with van der Waals surface area (Å²) in [7, 11) is 0. The van der Waals surface area contributed by atoms with Gasteiger partial charge in [0.25, 0.3) is 5.56 Å². The molecule has 0 saturated carbocycles. The lowest BCUT2D eigenvalue weighted by atomic mass is 10.1. The Kier molecular flexibility index (Phi) is 6.29. The van der Waals surface area contributed by atoms with Gasteiger partial charge in [0.05, 0.1) is 6.33 Å². The summed E-state index contributed by atoms with van der Waals surface area (Å²) in [6.45, 7) is 6.82. The largest absolute Gasteiger partial charge is 0.352 e. The Labute approximate surface area is 165 Å². The number of carbonyl (C=O) groups is 1. The second-order valence-corrected chi connectivity index (χ2v) is 7.21. The van der Waals surface area contributed by atoms with Gasteiger partial charge in [-0.25, -0.2) is 4.98 Å². The van der Waals surface area contributed by atoms with E-state index >= 15 is 0 Å². The van der Waals surface area contributed by atoms with Crippen LogP contribution in [0.25, 0.3) is 22.2 Å². The zero-order valence-corrected chi connectivity index (χ0v) is 16.8. The molecule has 0 aliphatic heterocycles.